The number of hydrogen-bond acceptors (Lipinski definition) is 4. The molecule has 1 N–H and O–H groups in total. The van der Waals surface area contributed by atoms with Gasteiger partial charge in [0, 0.05) is 28.2 Å². The summed E-state index contributed by atoms with van der Waals surface area (Å²) in [5, 5.41) is 2.79. The fourth-order valence-corrected chi connectivity index (χ4v) is 2.38. The lowest BCUT2D eigenvalue weighted by Gasteiger charge is -2.35. The summed E-state index contributed by atoms with van der Waals surface area (Å²) in [5.74, 6) is 1.03. The van der Waals surface area contributed by atoms with Crippen LogP contribution in [0, 0.1) is 5.92 Å². The molecule has 1 amide bonds. The van der Waals surface area contributed by atoms with E-state index in [-0.39, 0.29) is 17.7 Å². The van der Waals surface area contributed by atoms with Gasteiger partial charge in [0.1, 0.15) is 6.10 Å². The van der Waals surface area contributed by atoms with Crippen LogP contribution in [-0.4, -0.2) is 29.3 Å². The van der Waals surface area contributed by atoms with Crippen molar-refractivity contribution >= 4 is 22.0 Å². The Morgan fingerprint density at radius 3 is 2.81 bits per heavy atom. The molecule has 2 rings (SSSR count). The van der Waals surface area contributed by atoms with Crippen molar-refractivity contribution in [2.75, 3.05) is 6.61 Å². The molecule has 1 aromatic rings. The van der Waals surface area contributed by atoms with Crippen molar-refractivity contribution < 1.29 is 14.3 Å². The van der Waals surface area contributed by atoms with Crippen molar-refractivity contribution in [3.05, 3.63) is 22.8 Å². The number of nitrogens with one attached hydrogen (secondary N) is 1. The van der Waals surface area contributed by atoms with E-state index in [4.69, 9.17) is 9.47 Å². The van der Waals surface area contributed by atoms with Crippen LogP contribution in [0.15, 0.2) is 22.8 Å². The predicted octanol–water partition coefficient (Wildman–Crippen LogP) is 3.53. The Morgan fingerprint density at radius 1 is 1.48 bits per heavy atom. The molecule has 1 heterocycles. The molecule has 1 aliphatic rings. The number of ether oxygens (including phenoxy) is 2. The fraction of sp³-hybridized carbons (Fsp3) is 0.600. The number of nitrogens with zero attached hydrogens (tertiary/aromatic N) is 1. The molecule has 0 aliphatic heterocycles. The van der Waals surface area contributed by atoms with E-state index in [1.165, 1.54) is 0 Å². The molecule has 6 heteroatoms. The normalized spacial score (nSPS) is 21.3. The van der Waals surface area contributed by atoms with Crippen molar-refractivity contribution in [2.24, 2.45) is 5.92 Å². The quantitative estimate of drug-likeness (QED) is 0.896. The van der Waals surface area contributed by atoms with Crippen molar-refractivity contribution in [2.45, 2.75) is 45.3 Å². The number of halogens is 1. The van der Waals surface area contributed by atoms with Gasteiger partial charge in [-0.1, -0.05) is 15.9 Å². The second kappa shape index (κ2) is 6.64. The van der Waals surface area contributed by atoms with E-state index in [0.717, 1.165) is 17.3 Å². The van der Waals surface area contributed by atoms with E-state index < -0.39 is 0 Å². The summed E-state index contributed by atoms with van der Waals surface area (Å²) in [5.41, 5.74) is -0.268. The summed E-state index contributed by atoms with van der Waals surface area (Å²) >= 11 is 3.38. The highest BCUT2D eigenvalue weighted by Gasteiger charge is 2.33. The second-order valence-corrected chi connectivity index (χ2v) is 7.28. The molecular formula is C15H21BrN2O3. The van der Waals surface area contributed by atoms with E-state index in [9.17, 15) is 4.79 Å². The maximum atomic E-state index is 11.6. The number of aromatic nitrogens is 1. The molecule has 0 spiro atoms. The highest BCUT2D eigenvalue weighted by Crippen LogP contribution is 2.31. The van der Waals surface area contributed by atoms with Crippen molar-refractivity contribution in [3.8, 4) is 5.88 Å². The minimum Gasteiger partial charge on any atom is -0.477 e. The molecule has 0 radical (unpaired) electrons. The van der Waals surface area contributed by atoms with Gasteiger partial charge in [-0.25, -0.2) is 9.78 Å². The third kappa shape index (κ3) is 5.53. The van der Waals surface area contributed by atoms with E-state index in [1.807, 2.05) is 32.9 Å². The van der Waals surface area contributed by atoms with Crippen LogP contribution in [0.4, 0.5) is 4.79 Å². The minimum absolute atomic E-state index is 0.00332. The number of carbonyl (C=O) groups is 1. The lowest BCUT2D eigenvalue weighted by atomic mass is 9.83. The molecule has 1 aromatic heterocycles. The van der Waals surface area contributed by atoms with E-state index in [0.29, 0.717) is 18.4 Å². The largest absolute Gasteiger partial charge is 0.477 e. The number of amides is 1. The molecule has 21 heavy (non-hydrogen) atoms. The molecule has 1 aliphatic carbocycles. The summed E-state index contributed by atoms with van der Waals surface area (Å²) in [7, 11) is 0. The molecule has 5 nitrogen and oxygen atoms in total. The first-order valence-corrected chi connectivity index (χ1v) is 7.84. The smallest absolute Gasteiger partial charge is 0.407 e. The molecule has 0 unspecified atom stereocenters. The number of pyridine rings is 1. The molecule has 0 saturated heterocycles. The van der Waals surface area contributed by atoms with Gasteiger partial charge in [0.2, 0.25) is 5.88 Å². The SMILES string of the molecule is CC(C)(C)NC(=O)OC1CC(COc2cc(Br)ccn2)C1. The summed E-state index contributed by atoms with van der Waals surface area (Å²) in [4.78, 5) is 15.7. The van der Waals surface area contributed by atoms with Gasteiger partial charge in [-0.2, -0.15) is 0 Å². The predicted molar refractivity (Wildman–Crippen MR) is 83.3 cm³/mol. The first-order chi connectivity index (χ1) is 9.82. The Bertz CT molecular complexity index is 496. The van der Waals surface area contributed by atoms with Crippen LogP contribution in [-0.2, 0) is 4.74 Å². The molecule has 116 valence electrons. The number of carbonyl (C=O) groups excluding carboxylic acids is 1. The van der Waals surface area contributed by atoms with Gasteiger partial charge in [-0.15, -0.1) is 0 Å². The Hall–Kier alpha value is -1.30. The Kier molecular flexibility index (Phi) is 5.08. The highest BCUT2D eigenvalue weighted by molar-refractivity contribution is 9.10. The monoisotopic (exact) mass is 356 g/mol. The van der Waals surface area contributed by atoms with Crippen LogP contribution in [0.25, 0.3) is 0 Å². The van der Waals surface area contributed by atoms with Gasteiger partial charge in [-0.3, -0.25) is 0 Å². The van der Waals surface area contributed by atoms with Crippen LogP contribution < -0.4 is 10.1 Å². The van der Waals surface area contributed by atoms with Crippen molar-refractivity contribution in [3.63, 3.8) is 0 Å². The average Bonchev–Trinajstić information content (AvgIpc) is 2.29. The van der Waals surface area contributed by atoms with Gasteiger partial charge < -0.3 is 14.8 Å². The topological polar surface area (TPSA) is 60.5 Å². The minimum atomic E-state index is -0.347. The average molecular weight is 357 g/mol. The van der Waals surface area contributed by atoms with E-state index >= 15 is 0 Å². The van der Waals surface area contributed by atoms with Crippen LogP contribution in [0.3, 0.4) is 0 Å². The van der Waals surface area contributed by atoms with E-state index in [1.54, 1.807) is 6.20 Å². The number of alkyl carbamates (subject to hydrolysis) is 1. The first kappa shape index (κ1) is 16.1. The Labute approximate surface area is 133 Å². The number of rotatable bonds is 4. The molecule has 1 fully saturated rings. The zero-order chi connectivity index (χ0) is 15.5. The molecule has 0 aromatic carbocycles. The lowest BCUT2D eigenvalue weighted by Crippen LogP contribution is -2.45. The van der Waals surface area contributed by atoms with Crippen molar-refractivity contribution in [1.82, 2.24) is 10.3 Å². The van der Waals surface area contributed by atoms with Crippen LogP contribution in [0.5, 0.6) is 5.88 Å². The summed E-state index contributed by atoms with van der Waals surface area (Å²) in [6.07, 6.45) is 3.03. The summed E-state index contributed by atoms with van der Waals surface area (Å²) in [6.45, 7) is 6.38. The fourth-order valence-electron chi connectivity index (χ4n) is 2.06. The Balaban J connectivity index is 1.64. The maximum Gasteiger partial charge on any atom is 0.407 e. The first-order valence-electron chi connectivity index (χ1n) is 7.05. The van der Waals surface area contributed by atoms with Gasteiger partial charge in [-0.05, 0) is 39.7 Å². The van der Waals surface area contributed by atoms with Crippen LogP contribution >= 0.6 is 15.9 Å². The molecule has 0 atom stereocenters. The van der Waals surface area contributed by atoms with Crippen molar-refractivity contribution in [1.29, 1.82) is 0 Å². The molecular weight excluding hydrogens is 336 g/mol. The Morgan fingerprint density at radius 2 is 2.19 bits per heavy atom. The van der Waals surface area contributed by atoms with Gasteiger partial charge in [0.05, 0.1) is 6.61 Å². The van der Waals surface area contributed by atoms with Gasteiger partial charge >= 0.3 is 6.09 Å². The van der Waals surface area contributed by atoms with E-state index in [2.05, 4.69) is 26.2 Å². The van der Waals surface area contributed by atoms with Crippen LogP contribution in [0.2, 0.25) is 0 Å². The van der Waals surface area contributed by atoms with Crippen LogP contribution in [0.1, 0.15) is 33.6 Å². The van der Waals surface area contributed by atoms with Gasteiger partial charge in [0.15, 0.2) is 0 Å². The molecule has 1 saturated carbocycles. The highest BCUT2D eigenvalue weighted by atomic mass is 79.9. The maximum absolute atomic E-state index is 11.6. The number of hydrogen-bond donors (Lipinski definition) is 1. The second-order valence-electron chi connectivity index (χ2n) is 6.36. The standard InChI is InChI=1S/C15H21BrN2O3/c1-15(2,3)18-14(19)21-12-6-10(7-12)9-20-13-8-11(16)4-5-17-13/h4-5,8,10,12H,6-7,9H2,1-3H3,(H,18,19). The third-order valence-corrected chi connectivity index (χ3v) is 3.60. The zero-order valence-electron chi connectivity index (χ0n) is 12.6. The lowest BCUT2D eigenvalue weighted by molar-refractivity contribution is -0.00121. The summed E-state index contributed by atoms with van der Waals surface area (Å²) < 4.78 is 11.9. The third-order valence-electron chi connectivity index (χ3n) is 3.11. The summed E-state index contributed by atoms with van der Waals surface area (Å²) in [6, 6.07) is 3.69. The zero-order valence-corrected chi connectivity index (χ0v) is 14.1. The molecule has 0 bridgehead atoms. The van der Waals surface area contributed by atoms with Gasteiger partial charge in [0.25, 0.3) is 0 Å².